The van der Waals surface area contributed by atoms with Gasteiger partial charge in [-0.3, -0.25) is 20.0 Å². The Kier molecular flexibility index (Phi) is 7.42. The number of H-pyrrole nitrogens is 1. The zero-order chi connectivity index (χ0) is 27.4. The normalized spacial score (nSPS) is 11.8. The number of nitrogens with zero attached hydrogens (tertiary/aromatic N) is 3. The third-order valence-corrected chi connectivity index (χ3v) is 6.31. The lowest BCUT2D eigenvalue weighted by molar-refractivity contribution is -0.125. The molecule has 0 saturated heterocycles. The molecule has 2 aromatic heterocycles. The number of imidazole rings is 1. The molecule has 8 nitrogen and oxygen atoms in total. The minimum absolute atomic E-state index is 0.176. The van der Waals surface area contributed by atoms with Gasteiger partial charge in [-0.05, 0) is 54.6 Å². The van der Waals surface area contributed by atoms with Crippen molar-refractivity contribution in [3.05, 3.63) is 108 Å². The van der Waals surface area contributed by atoms with E-state index in [2.05, 4.69) is 20.4 Å². The molecule has 39 heavy (non-hydrogen) atoms. The molecule has 0 aliphatic heterocycles. The summed E-state index contributed by atoms with van der Waals surface area (Å²) >= 11 is 0. The molecular weight excluding hydrogens is 495 g/mol. The highest BCUT2D eigenvalue weighted by Gasteiger charge is 2.21. The van der Waals surface area contributed by atoms with Crippen molar-refractivity contribution in [1.29, 1.82) is 0 Å². The monoisotopic (exact) mass is 522 g/mol. The van der Waals surface area contributed by atoms with Gasteiger partial charge >= 0.3 is 0 Å². The topological polar surface area (TPSA) is 117 Å². The third-order valence-electron chi connectivity index (χ3n) is 6.31. The first-order chi connectivity index (χ1) is 18.9. The van der Waals surface area contributed by atoms with Crippen molar-refractivity contribution in [3.8, 4) is 22.8 Å². The maximum Gasteiger partial charge on any atom is 0.272 e. The zero-order valence-electron chi connectivity index (χ0n) is 21.3. The first-order valence-electron chi connectivity index (χ1n) is 12.5. The number of pyridine rings is 1. The largest absolute Gasteiger partial charge is 0.337 e. The summed E-state index contributed by atoms with van der Waals surface area (Å²) in [5.41, 5.74) is 11.7. The number of benzene rings is 3. The van der Waals surface area contributed by atoms with Crippen molar-refractivity contribution < 1.29 is 14.0 Å². The second-order valence-corrected chi connectivity index (χ2v) is 9.24. The number of halogens is 1. The first-order valence-corrected chi connectivity index (χ1v) is 12.5. The summed E-state index contributed by atoms with van der Waals surface area (Å²) in [6.07, 6.45) is 3.91. The lowest BCUT2D eigenvalue weighted by Crippen LogP contribution is -2.51. The predicted octanol–water partition coefficient (Wildman–Crippen LogP) is 4.49. The summed E-state index contributed by atoms with van der Waals surface area (Å²) in [6.45, 7) is 1.72. The Morgan fingerprint density at radius 2 is 1.74 bits per heavy atom. The van der Waals surface area contributed by atoms with Gasteiger partial charge in [0, 0.05) is 29.3 Å². The fourth-order valence-electron chi connectivity index (χ4n) is 4.12. The van der Waals surface area contributed by atoms with Crippen LogP contribution in [0.4, 0.5) is 4.39 Å². The summed E-state index contributed by atoms with van der Waals surface area (Å²) in [5, 5.41) is 3.34. The van der Waals surface area contributed by atoms with Gasteiger partial charge in [0.2, 0.25) is 0 Å². The minimum atomic E-state index is -0.801. The van der Waals surface area contributed by atoms with Gasteiger partial charge in [-0.25, -0.2) is 14.4 Å². The van der Waals surface area contributed by atoms with Crippen molar-refractivity contribution in [1.82, 2.24) is 25.4 Å². The van der Waals surface area contributed by atoms with Gasteiger partial charge in [0.05, 0.1) is 17.9 Å². The van der Waals surface area contributed by atoms with Crippen LogP contribution >= 0.6 is 0 Å². The second-order valence-electron chi connectivity index (χ2n) is 9.24. The summed E-state index contributed by atoms with van der Waals surface area (Å²) in [4.78, 5) is 38.1. The van der Waals surface area contributed by atoms with Crippen LogP contribution in [0.5, 0.6) is 0 Å². The summed E-state index contributed by atoms with van der Waals surface area (Å²) < 4.78 is 13.3. The van der Waals surface area contributed by atoms with E-state index in [1.165, 1.54) is 17.1 Å². The summed E-state index contributed by atoms with van der Waals surface area (Å²) in [7, 11) is 0. The van der Waals surface area contributed by atoms with Gasteiger partial charge < -0.3 is 10.7 Å². The number of nitrogens with two attached hydrogens (primary N) is 1. The fourth-order valence-corrected chi connectivity index (χ4v) is 4.12. The van der Waals surface area contributed by atoms with Crippen molar-refractivity contribution in [3.63, 3.8) is 0 Å². The second kappa shape index (κ2) is 11.2. The van der Waals surface area contributed by atoms with E-state index < -0.39 is 17.9 Å². The van der Waals surface area contributed by atoms with Crippen LogP contribution in [0.25, 0.3) is 33.5 Å². The van der Waals surface area contributed by atoms with Gasteiger partial charge in [-0.2, -0.15) is 0 Å². The molecule has 0 aliphatic carbocycles. The highest BCUT2D eigenvalue weighted by Crippen LogP contribution is 2.24. The standard InChI is InChI=1S/C30H27FN6O2/c1-19(32)29(38)36-37(14-13-20-9-11-25(31)12-10-20)30(39)23-8-4-7-22(15-23)27-18-34-28(35-27)26-16-21-5-2-3-6-24(21)17-33-26/h2-12,15-19H,13-14,32H2,1H3,(H,34,35)(H,36,38)/t19-/m0/s1. The Hall–Kier alpha value is -4.89. The number of aromatic amines is 1. The number of aromatic nitrogens is 3. The van der Waals surface area contributed by atoms with Crippen LogP contribution in [0.3, 0.4) is 0 Å². The van der Waals surface area contributed by atoms with E-state index >= 15 is 0 Å². The van der Waals surface area contributed by atoms with E-state index in [9.17, 15) is 14.0 Å². The van der Waals surface area contributed by atoms with Gasteiger partial charge in [0.15, 0.2) is 5.82 Å². The highest BCUT2D eigenvalue weighted by atomic mass is 19.1. The molecule has 4 N–H and O–H groups in total. The number of rotatable bonds is 7. The molecule has 0 aliphatic rings. The highest BCUT2D eigenvalue weighted by molar-refractivity contribution is 5.97. The summed E-state index contributed by atoms with van der Waals surface area (Å²) in [6, 6.07) is 22.2. The Bertz CT molecular complexity index is 1630. The molecule has 196 valence electrons. The molecular formula is C30H27FN6O2. The van der Waals surface area contributed by atoms with Crippen LogP contribution in [0.1, 0.15) is 22.8 Å². The zero-order valence-corrected chi connectivity index (χ0v) is 21.3. The molecule has 5 aromatic rings. The van der Waals surface area contributed by atoms with Gasteiger partial charge in [0.25, 0.3) is 11.8 Å². The van der Waals surface area contributed by atoms with Crippen molar-refractivity contribution >= 4 is 22.6 Å². The van der Waals surface area contributed by atoms with E-state index in [0.29, 0.717) is 29.2 Å². The predicted molar refractivity (Wildman–Crippen MR) is 148 cm³/mol. The molecule has 2 heterocycles. The Morgan fingerprint density at radius 3 is 2.51 bits per heavy atom. The minimum Gasteiger partial charge on any atom is -0.337 e. The number of hydrazine groups is 1. The van der Waals surface area contributed by atoms with Gasteiger partial charge in [-0.15, -0.1) is 0 Å². The SMILES string of the molecule is C[C@H](N)C(=O)NN(CCc1ccc(F)cc1)C(=O)c1cccc(-c2cnc(-c3cc4ccccc4cn3)[nH]2)c1. The fraction of sp³-hybridized carbons (Fsp3) is 0.133. The number of fused-ring (bicyclic) bond motifs is 1. The number of carbonyl (C=O) groups excluding carboxylic acids is 2. The Balaban J connectivity index is 1.37. The molecule has 5 rings (SSSR count). The quantitative estimate of drug-likeness (QED) is 0.272. The summed E-state index contributed by atoms with van der Waals surface area (Å²) in [5.74, 6) is -0.617. The number of carbonyl (C=O) groups is 2. The van der Waals surface area contributed by atoms with Gasteiger partial charge in [-0.1, -0.05) is 48.5 Å². The number of nitrogens with one attached hydrogen (secondary N) is 2. The molecule has 0 radical (unpaired) electrons. The van der Waals surface area contributed by atoms with E-state index in [1.807, 2.05) is 42.6 Å². The lowest BCUT2D eigenvalue weighted by atomic mass is 10.1. The molecule has 0 fully saturated rings. The third kappa shape index (κ3) is 6.00. The number of hydrogen-bond donors (Lipinski definition) is 3. The van der Waals surface area contributed by atoms with Crippen molar-refractivity contribution in [2.45, 2.75) is 19.4 Å². The van der Waals surface area contributed by atoms with Crippen molar-refractivity contribution in [2.24, 2.45) is 5.73 Å². The maximum atomic E-state index is 13.5. The molecule has 3 aromatic carbocycles. The van der Waals surface area contributed by atoms with Crippen LogP contribution in [0.2, 0.25) is 0 Å². The molecule has 1 atom stereocenters. The Morgan fingerprint density at radius 1 is 0.974 bits per heavy atom. The molecule has 0 bridgehead atoms. The number of hydrogen-bond acceptors (Lipinski definition) is 5. The first kappa shape index (κ1) is 25.7. The van der Waals surface area contributed by atoms with E-state index in [1.54, 1.807) is 43.5 Å². The van der Waals surface area contributed by atoms with E-state index in [0.717, 1.165) is 21.9 Å². The lowest BCUT2D eigenvalue weighted by Gasteiger charge is -2.24. The smallest absolute Gasteiger partial charge is 0.272 e. The van der Waals surface area contributed by atoms with E-state index in [4.69, 9.17) is 5.73 Å². The van der Waals surface area contributed by atoms with Crippen LogP contribution in [-0.4, -0.2) is 44.4 Å². The molecule has 0 unspecified atom stereocenters. The van der Waals surface area contributed by atoms with Gasteiger partial charge in [0.1, 0.15) is 11.5 Å². The van der Waals surface area contributed by atoms with E-state index in [-0.39, 0.29) is 12.4 Å². The molecule has 0 saturated carbocycles. The average molecular weight is 523 g/mol. The van der Waals surface area contributed by atoms with Crippen LogP contribution in [0, 0.1) is 5.82 Å². The maximum absolute atomic E-state index is 13.5. The molecule has 2 amide bonds. The van der Waals surface area contributed by atoms with Crippen LogP contribution in [0.15, 0.2) is 91.3 Å². The Labute approximate surface area is 224 Å². The van der Waals surface area contributed by atoms with Crippen molar-refractivity contribution in [2.75, 3.05) is 6.54 Å². The number of amides is 2. The average Bonchev–Trinajstić information content (AvgIpc) is 3.46. The molecule has 0 spiro atoms. The van der Waals surface area contributed by atoms with Crippen LogP contribution < -0.4 is 11.2 Å². The molecule has 9 heteroatoms. The van der Waals surface area contributed by atoms with Crippen LogP contribution in [-0.2, 0) is 11.2 Å².